The molecule has 24 heavy (non-hydrogen) atoms. The molecule has 0 spiro atoms. The van der Waals surface area contributed by atoms with E-state index >= 15 is 0 Å². The number of nitrogens with one attached hydrogen (secondary N) is 1. The molecule has 4 nitrogen and oxygen atoms in total. The zero-order valence-corrected chi connectivity index (χ0v) is 15.4. The molecular formula is C20H32N2O2. The predicted octanol–water partition coefficient (Wildman–Crippen LogP) is 4.07. The Morgan fingerprint density at radius 1 is 1.00 bits per heavy atom. The highest BCUT2D eigenvalue weighted by Gasteiger charge is 2.15. The fourth-order valence-electron chi connectivity index (χ4n) is 2.69. The molecular weight excluding hydrogens is 300 g/mol. The topological polar surface area (TPSA) is 49.4 Å². The largest absolute Gasteiger partial charge is 0.350 e. The van der Waals surface area contributed by atoms with Crippen LogP contribution in [-0.2, 0) is 9.59 Å². The third-order valence-electron chi connectivity index (χ3n) is 4.13. The molecule has 2 amide bonds. The number of hydrogen-bond donors (Lipinski definition) is 1. The smallest absolute Gasteiger partial charge is 0.222 e. The SMILES string of the molecule is CCCCCC(=O)N(CCC)CCC(=O)NC(C)c1ccccc1. The molecule has 1 rings (SSSR count). The van der Waals surface area contributed by atoms with Crippen molar-refractivity contribution >= 4 is 11.8 Å². The quantitative estimate of drug-likeness (QED) is 0.621. The van der Waals surface area contributed by atoms with Gasteiger partial charge >= 0.3 is 0 Å². The fourth-order valence-corrected chi connectivity index (χ4v) is 2.69. The molecule has 1 aromatic rings. The van der Waals surface area contributed by atoms with Gasteiger partial charge < -0.3 is 10.2 Å². The lowest BCUT2D eigenvalue weighted by Crippen LogP contribution is -2.36. The number of rotatable bonds is 11. The van der Waals surface area contributed by atoms with Crippen molar-refractivity contribution in [1.29, 1.82) is 0 Å². The van der Waals surface area contributed by atoms with Gasteiger partial charge in [0.05, 0.1) is 6.04 Å². The zero-order chi connectivity index (χ0) is 17.8. The fraction of sp³-hybridized carbons (Fsp3) is 0.600. The minimum Gasteiger partial charge on any atom is -0.350 e. The van der Waals surface area contributed by atoms with Crippen LogP contribution in [0, 0.1) is 0 Å². The van der Waals surface area contributed by atoms with E-state index in [2.05, 4.69) is 19.2 Å². The van der Waals surface area contributed by atoms with E-state index in [0.29, 0.717) is 19.4 Å². The first-order valence-electron chi connectivity index (χ1n) is 9.20. The molecule has 1 unspecified atom stereocenters. The highest BCUT2D eigenvalue weighted by Crippen LogP contribution is 2.11. The molecule has 1 atom stereocenters. The van der Waals surface area contributed by atoms with Crippen LogP contribution in [0.3, 0.4) is 0 Å². The van der Waals surface area contributed by atoms with E-state index in [9.17, 15) is 9.59 Å². The minimum absolute atomic E-state index is 0.00573. The molecule has 0 saturated heterocycles. The number of hydrogen-bond acceptors (Lipinski definition) is 2. The van der Waals surface area contributed by atoms with Crippen molar-refractivity contribution in [3.8, 4) is 0 Å². The van der Waals surface area contributed by atoms with Crippen molar-refractivity contribution in [3.63, 3.8) is 0 Å². The molecule has 1 aromatic carbocycles. The maximum absolute atomic E-state index is 12.3. The second-order valence-corrected chi connectivity index (χ2v) is 6.29. The minimum atomic E-state index is -0.0152. The van der Waals surface area contributed by atoms with Crippen molar-refractivity contribution < 1.29 is 9.59 Å². The summed E-state index contributed by atoms with van der Waals surface area (Å²) in [7, 11) is 0. The van der Waals surface area contributed by atoms with Crippen LogP contribution >= 0.6 is 0 Å². The van der Waals surface area contributed by atoms with Gasteiger partial charge in [-0.15, -0.1) is 0 Å². The van der Waals surface area contributed by atoms with Gasteiger partial charge in [-0.3, -0.25) is 9.59 Å². The van der Waals surface area contributed by atoms with E-state index in [-0.39, 0.29) is 17.9 Å². The number of unbranched alkanes of at least 4 members (excludes halogenated alkanes) is 2. The van der Waals surface area contributed by atoms with Crippen LogP contribution < -0.4 is 5.32 Å². The average molecular weight is 332 g/mol. The lowest BCUT2D eigenvalue weighted by atomic mass is 10.1. The molecule has 0 bridgehead atoms. The van der Waals surface area contributed by atoms with Gasteiger partial charge in [0.1, 0.15) is 0 Å². The summed E-state index contributed by atoms with van der Waals surface area (Å²) >= 11 is 0. The van der Waals surface area contributed by atoms with E-state index in [1.165, 1.54) is 0 Å². The monoisotopic (exact) mass is 332 g/mol. The van der Waals surface area contributed by atoms with E-state index in [1.54, 1.807) is 0 Å². The molecule has 4 heteroatoms. The lowest BCUT2D eigenvalue weighted by Gasteiger charge is -2.22. The third kappa shape index (κ3) is 7.62. The highest BCUT2D eigenvalue weighted by molar-refractivity contribution is 5.79. The van der Waals surface area contributed by atoms with Crippen LogP contribution in [0.1, 0.15) is 70.9 Å². The Kier molecular flexibility index (Phi) is 9.81. The van der Waals surface area contributed by atoms with Gasteiger partial charge in [0, 0.05) is 25.9 Å². The van der Waals surface area contributed by atoms with E-state index in [1.807, 2.05) is 42.2 Å². The number of nitrogens with zero attached hydrogens (tertiary/aromatic N) is 1. The first-order valence-corrected chi connectivity index (χ1v) is 9.20. The lowest BCUT2D eigenvalue weighted by molar-refractivity contribution is -0.132. The Balaban J connectivity index is 2.42. The summed E-state index contributed by atoms with van der Waals surface area (Å²) in [6, 6.07) is 9.90. The Morgan fingerprint density at radius 3 is 2.33 bits per heavy atom. The summed E-state index contributed by atoms with van der Waals surface area (Å²) in [5.41, 5.74) is 1.09. The van der Waals surface area contributed by atoms with E-state index in [4.69, 9.17) is 0 Å². The van der Waals surface area contributed by atoms with Crippen molar-refractivity contribution in [2.45, 2.75) is 65.3 Å². The van der Waals surface area contributed by atoms with E-state index in [0.717, 1.165) is 37.8 Å². The van der Waals surface area contributed by atoms with Crippen LogP contribution in [0.4, 0.5) is 0 Å². The second kappa shape index (κ2) is 11.7. The van der Waals surface area contributed by atoms with Gasteiger partial charge in [0.15, 0.2) is 0 Å². The van der Waals surface area contributed by atoms with Gasteiger partial charge in [0.25, 0.3) is 0 Å². The first-order chi connectivity index (χ1) is 11.6. The molecule has 1 N–H and O–H groups in total. The maximum atomic E-state index is 12.3. The molecule has 0 saturated carbocycles. The Morgan fingerprint density at radius 2 is 1.71 bits per heavy atom. The summed E-state index contributed by atoms with van der Waals surface area (Å²) in [6.07, 6.45) is 5.00. The molecule has 0 aliphatic heterocycles. The van der Waals surface area contributed by atoms with Crippen LogP contribution in [0.15, 0.2) is 30.3 Å². The van der Waals surface area contributed by atoms with Crippen molar-refractivity contribution in [2.75, 3.05) is 13.1 Å². The number of amides is 2. The zero-order valence-electron chi connectivity index (χ0n) is 15.4. The van der Waals surface area contributed by atoms with Crippen LogP contribution in [0.2, 0.25) is 0 Å². The molecule has 0 fully saturated rings. The van der Waals surface area contributed by atoms with E-state index < -0.39 is 0 Å². The Bertz CT molecular complexity index is 488. The molecule has 0 heterocycles. The van der Waals surface area contributed by atoms with Gasteiger partial charge in [-0.25, -0.2) is 0 Å². The molecule has 0 aliphatic rings. The molecule has 0 aliphatic carbocycles. The standard InChI is InChI=1S/C20H32N2O2/c1-4-6-8-13-20(24)22(15-5-2)16-14-19(23)21-17(3)18-11-9-7-10-12-18/h7,9-12,17H,4-6,8,13-16H2,1-3H3,(H,21,23). The summed E-state index contributed by atoms with van der Waals surface area (Å²) in [5, 5.41) is 3.01. The summed E-state index contributed by atoms with van der Waals surface area (Å²) < 4.78 is 0. The number of carbonyl (C=O) groups excluding carboxylic acids is 2. The molecule has 134 valence electrons. The first kappa shape index (κ1) is 20.2. The Labute approximate surface area is 146 Å². The summed E-state index contributed by atoms with van der Waals surface area (Å²) in [6.45, 7) is 7.40. The summed E-state index contributed by atoms with van der Waals surface area (Å²) in [4.78, 5) is 26.3. The van der Waals surface area contributed by atoms with Crippen molar-refractivity contribution in [3.05, 3.63) is 35.9 Å². The summed E-state index contributed by atoms with van der Waals surface area (Å²) in [5.74, 6) is 0.169. The third-order valence-corrected chi connectivity index (χ3v) is 4.13. The van der Waals surface area contributed by atoms with Gasteiger partial charge in [0.2, 0.25) is 11.8 Å². The molecule has 0 radical (unpaired) electrons. The van der Waals surface area contributed by atoms with Crippen LogP contribution in [0.5, 0.6) is 0 Å². The van der Waals surface area contributed by atoms with Crippen LogP contribution in [-0.4, -0.2) is 29.8 Å². The number of benzene rings is 1. The van der Waals surface area contributed by atoms with Gasteiger partial charge in [-0.2, -0.15) is 0 Å². The Hall–Kier alpha value is -1.84. The molecule has 0 aromatic heterocycles. The maximum Gasteiger partial charge on any atom is 0.222 e. The second-order valence-electron chi connectivity index (χ2n) is 6.29. The highest BCUT2D eigenvalue weighted by atomic mass is 16.2. The van der Waals surface area contributed by atoms with Gasteiger partial charge in [-0.1, -0.05) is 57.0 Å². The number of carbonyl (C=O) groups is 2. The predicted molar refractivity (Wildman–Crippen MR) is 98.6 cm³/mol. The normalized spacial score (nSPS) is 11.8. The van der Waals surface area contributed by atoms with Crippen molar-refractivity contribution in [2.24, 2.45) is 0 Å². The van der Waals surface area contributed by atoms with Crippen LogP contribution in [0.25, 0.3) is 0 Å². The average Bonchev–Trinajstić information content (AvgIpc) is 2.59. The van der Waals surface area contributed by atoms with Crippen molar-refractivity contribution in [1.82, 2.24) is 10.2 Å². The van der Waals surface area contributed by atoms with Gasteiger partial charge in [-0.05, 0) is 25.3 Å².